The smallest absolute Gasteiger partial charge is 0.345 e. The largest absolute Gasteiger partial charge is 0.512 e. The Bertz CT molecular complexity index is 895. The number of anilines is 1. The Morgan fingerprint density at radius 3 is 2.55 bits per heavy atom. The van der Waals surface area contributed by atoms with Gasteiger partial charge in [0.25, 0.3) is 0 Å². The summed E-state index contributed by atoms with van der Waals surface area (Å²) in [4.78, 5) is 12.0. The lowest BCUT2D eigenvalue weighted by Gasteiger charge is -2.05. The van der Waals surface area contributed by atoms with Crippen LogP contribution in [0.5, 0.6) is 0 Å². The third-order valence-corrected chi connectivity index (χ3v) is 3.43. The van der Waals surface area contributed by atoms with Crippen LogP contribution >= 0.6 is 0 Å². The molecule has 3 aromatic rings. The molecule has 4 nitrogen and oxygen atoms in total. The molecule has 0 aliphatic heterocycles. The van der Waals surface area contributed by atoms with Gasteiger partial charge in [-0.1, -0.05) is 42.5 Å². The molecule has 0 aliphatic rings. The fraction of sp³-hybridized carbons (Fsp3) is 0.0556. The second-order valence-corrected chi connectivity index (χ2v) is 5.01. The van der Waals surface area contributed by atoms with E-state index in [1.165, 1.54) is 6.08 Å². The normalized spacial score (nSPS) is 11.7. The first-order valence-electron chi connectivity index (χ1n) is 6.90. The van der Waals surface area contributed by atoms with Crippen LogP contribution in [0.2, 0.25) is 0 Å². The van der Waals surface area contributed by atoms with Gasteiger partial charge in [0.05, 0.1) is 17.0 Å². The zero-order chi connectivity index (χ0) is 15.5. The number of fused-ring (bicyclic) bond motifs is 1. The van der Waals surface area contributed by atoms with Crippen LogP contribution in [0.15, 0.2) is 69.6 Å². The van der Waals surface area contributed by atoms with E-state index in [1.54, 1.807) is 18.2 Å². The van der Waals surface area contributed by atoms with Gasteiger partial charge in [-0.25, -0.2) is 4.79 Å². The maximum atomic E-state index is 12.0. The Morgan fingerprint density at radius 2 is 1.77 bits per heavy atom. The summed E-state index contributed by atoms with van der Waals surface area (Å²) >= 11 is 0. The summed E-state index contributed by atoms with van der Waals surface area (Å²) in [6.07, 6.45) is 1.70. The Kier molecular flexibility index (Phi) is 3.66. The molecule has 0 spiro atoms. The molecule has 22 heavy (non-hydrogen) atoms. The van der Waals surface area contributed by atoms with Crippen molar-refractivity contribution in [3.05, 3.63) is 81.9 Å². The highest BCUT2D eigenvalue weighted by Gasteiger charge is 2.11. The molecule has 0 fully saturated rings. The Balaban J connectivity index is 2.03. The van der Waals surface area contributed by atoms with Gasteiger partial charge in [0.2, 0.25) is 0 Å². The number of nitrogen functional groups attached to an aromatic ring is 1. The number of rotatable bonds is 3. The third-order valence-electron chi connectivity index (χ3n) is 3.43. The van der Waals surface area contributed by atoms with Gasteiger partial charge in [0, 0.05) is 11.8 Å². The fourth-order valence-electron chi connectivity index (χ4n) is 2.35. The highest BCUT2D eigenvalue weighted by atomic mass is 16.4. The van der Waals surface area contributed by atoms with Crippen LogP contribution in [-0.2, 0) is 6.42 Å². The number of hydrogen-bond donors (Lipinski definition) is 2. The van der Waals surface area contributed by atoms with Crippen molar-refractivity contribution in [1.82, 2.24) is 0 Å². The summed E-state index contributed by atoms with van der Waals surface area (Å²) in [5.74, 6) is 0.0560. The number of allylic oxidation sites excluding steroid dienone is 1. The van der Waals surface area contributed by atoms with Crippen molar-refractivity contribution in [2.75, 3.05) is 5.73 Å². The second kappa shape index (κ2) is 5.77. The van der Waals surface area contributed by atoms with Gasteiger partial charge in [0.15, 0.2) is 0 Å². The molecule has 0 saturated heterocycles. The molecule has 0 aliphatic carbocycles. The van der Waals surface area contributed by atoms with E-state index in [0.29, 0.717) is 23.1 Å². The molecule has 0 atom stereocenters. The zero-order valence-corrected chi connectivity index (χ0v) is 11.8. The van der Waals surface area contributed by atoms with E-state index < -0.39 is 5.63 Å². The second-order valence-electron chi connectivity index (χ2n) is 5.01. The molecule has 1 aromatic heterocycles. The first kappa shape index (κ1) is 13.9. The molecular formula is C18H15NO3. The van der Waals surface area contributed by atoms with Gasteiger partial charge >= 0.3 is 5.63 Å². The number of benzene rings is 2. The van der Waals surface area contributed by atoms with Gasteiger partial charge in [0.1, 0.15) is 5.58 Å². The number of aliphatic hydroxyl groups excluding tert-OH is 1. The monoisotopic (exact) mass is 293 g/mol. The number of aliphatic hydroxyl groups is 1. The van der Waals surface area contributed by atoms with E-state index in [-0.39, 0.29) is 11.3 Å². The highest BCUT2D eigenvalue weighted by molar-refractivity contribution is 5.92. The van der Waals surface area contributed by atoms with E-state index in [0.717, 1.165) is 5.56 Å². The quantitative estimate of drug-likeness (QED) is 0.572. The van der Waals surface area contributed by atoms with Crippen molar-refractivity contribution in [3.63, 3.8) is 0 Å². The van der Waals surface area contributed by atoms with Gasteiger partial charge in [-0.15, -0.1) is 0 Å². The molecule has 2 aromatic carbocycles. The van der Waals surface area contributed by atoms with Crippen LogP contribution in [0.3, 0.4) is 0 Å². The standard InChI is InChI=1S/C18H15NO3/c19-17-14-8-4-5-9-16(14)22-18(21)15(17)11-13(20)10-12-6-2-1-3-7-12/h1-9,11,20H,10,19H2/b13-11-. The minimum atomic E-state index is -0.559. The van der Waals surface area contributed by atoms with Crippen LogP contribution in [0.4, 0.5) is 5.69 Å². The molecular weight excluding hydrogens is 278 g/mol. The summed E-state index contributed by atoms with van der Waals surface area (Å²) in [5.41, 5.74) is 7.35. The van der Waals surface area contributed by atoms with E-state index in [2.05, 4.69) is 0 Å². The van der Waals surface area contributed by atoms with Crippen LogP contribution in [-0.4, -0.2) is 5.11 Å². The van der Waals surface area contributed by atoms with E-state index in [1.807, 2.05) is 36.4 Å². The summed E-state index contributed by atoms with van der Waals surface area (Å²) in [7, 11) is 0. The predicted molar refractivity (Wildman–Crippen MR) is 87.6 cm³/mol. The molecule has 110 valence electrons. The maximum Gasteiger partial charge on any atom is 0.345 e. The lowest BCUT2D eigenvalue weighted by Crippen LogP contribution is -2.08. The topological polar surface area (TPSA) is 76.5 Å². The van der Waals surface area contributed by atoms with E-state index >= 15 is 0 Å². The molecule has 0 amide bonds. The van der Waals surface area contributed by atoms with Crippen molar-refractivity contribution in [1.29, 1.82) is 0 Å². The molecule has 3 rings (SSSR count). The number of nitrogens with two attached hydrogens (primary N) is 1. The molecule has 0 bridgehead atoms. The van der Waals surface area contributed by atoms with Crippen molar-refractivity contribution in [2.24, 2.45) is 0 Å². The van der Waals surface area contributed by atoms with Gasteiger partial charge in [-0.05, 0) is 23.8 Å². The highest BCUT2D eigenvalue weighted by Crippen LogP contribution is 2.23. The minimum Gasteiger partial charge on any atom is -0.512 e. The van der Waals surface area contributed by atoms with Crippen molar-refractivity contribution in [3.8, 4) is 0 Å². The molecule has 0 saturated carbocycles. The van der Waals surface area contributed by atoms with E-state index in [9.17, 15) is 9.90 Å². The van der Waals surface area contributed by atoms with Crippen molar-refractivity contribution < 1.29 is 9.52 Å². The van der Waals surface area contributed by atoms with E-state index in [4.69, 9.17) is 10.2 Å². The molecule has 4 heteroatoms. The van der Waals surface area contributed by atoms with Crippen molar-refractivity contribution in [2.45, 2.75) is 6.42 Å². The summed E-state index contributed by atoms with van der Waals surface area (Å²) in [6.45, 7) is 0. The van der Waals surface area contributed by atoms with Gasteiger partial charge < -0.3 is 15.3 Å². The van der Waals surface area contributed by atoms with Gasteiger partial charge in [-0.2, -0.15) is 0 Å². The van der Waals surface area contributed by atoms with Crippen molar-refractivity contribution >= 4 is 22.7 Å². The number of hydrogen-bond acceptors (Lipinski definition) is 4. The predicted octanol–water partition coefficient (Wildman–Crippen LogP) is 3.52. The SMILES string of the molecule is Nc1c(/C=C(\O)Cc2ccccc2)c(=O)oc2ccccc12. The Labute approximate surface area is 127 Å². The summed E-state index contributed by atoms with van der Waals surface area (Å²) < 4.78 is 5.23. The first-order valence-corrected chi connectivity index (χ1v) is 6.90. The Morgan fingerprint density at radius 1 is 1.09 bits per heavy atom. The first-order chi connectivity index (χ1) is 10.6. The third kappa shape index (κ3) is 2.72. The van der Waals surface area contributed by atoms with Crippen LogP contribution in [0.1, 0.15) is 11.1 Å². The molecule has 0 unspecified atom stereocenters. The zero-order valence-electron chi connectivity index (χ0n) is 11.8. The minimum absolute atomic E-state index is 0.0560. The van der Waals surface area contributed by atoms with Gasteiger partial charge in [-0.3, -0.25) is 0 Å². The average Bonchev–Trinajstić information content (AvgIpc) is 2.52. The lowest BCUT2D eigenvalue weighted by atomic mass is 10.1. The maximum absolute atomic E-state index is 12.0. The fourth-order valence-corrected chi connectivity index (χ4v) is 2.35. The van der Waals surface area contributed by atoms with Crippen LogP contribution in [0, 0.1) is 0 Å². The molecule has 1 heterocycles. The summed E-state index contributed by atoms with van der Waals surface area (Å²) in [5, 5.41) is 10.8. The summed E-state index contributed by atoms with van der Waals surface area (Å²) in [6, 6.07) is 16.5. The number of para-hydroxylation sites is 1. The van der Waals surface area contributed by atoms with Crippen LogP contribution in [0.25, 0.3) is 17.0 Å². The molecule has 0 radical (unpaired) electrons. The average molecular weight is 293 g/mol. The Hall–Kier alpha value is -3.01. The lowest BCUT2D eigenvalue weighted by molar-refractivity contribution is 0.404. The van der Waals surface area contributed by atoms with Crippen LogP contribution < -0.4 is 11.4 Å². The molecule has 3 N–H and O–H groups in total.